The number of carbonyl (C=O) groups is 1. The van der Waals surface area contributed by atoms with Crippen LogP contribution in [0.4, 0.5) is 0 Å². The van der Waals surface area contributed by atoms with Crippen LogP contribution in [0.25, 0.3) is 38.3 Å². The van der Waals surface area contributed by atoms with E-state index in [1.165, 1.54) is 36.4 Å². The second kappa shape index (κ2) is 16.5. The Balaban J connectivity index is 1.05. The first-order valence-electron chi connectivity index (χ1n) is 22.5. The van der Waals surface area contributed by atoms with Crippen LogP contribution in [-0.2, 0) is 27.4 Å². The average molecular weight is 894 g/mol. The first-order valence-corrected chi connectivity index (χ1v) is 22.5. The molecule has 1 saturated heterocycles. The quantitative estimate of drug-likeness (QED) is 0.0609. The number of aromatic nitrogens is 2. The minimum absolute atomic E-state index is 0.0512. The van der Waals surface area contributed by atoms with E-state index in [9.17, 15) is 45.3 Å². The zero-order valence-electron chi connectivity index (χ0n) is 36.0. The van der Waals surface area contributed by atoms with Gasteiger partial charge in [0.2, 0.25) is 5.91 Å². The number of aromatic hydroxyl groups is 2. The number of aliphatic hydroxyl groups excluding tert-OH is 4. The number of amides is 1. The van der Waals surface area contributed by atoms with E-state index in [4.69, 9.17) is 18.9 Å². The van der Waals surface area contributed by atoms with Crippen molar-refractivity contribution in [3.8, 4) is 22.9 Å². The lowest BCUT2D eigenvalue weighted by Gasteiger charge is -2.50. The lowest BCUT2D eigenvalue weighted by molar-refractivity contribution is -0.375. The molecule has 6 aromatic rings. The van der Waals surface area contributed by atoms with Crippen molar-refractivity contribution in [2.45, 2.75) is 107 Å². The topological polar surface area (TPSA) is 249 Å². The molecule has 16 heteroatoms. The molecule has 0 unspecified atom stereocenters. The maximum absolute atomic E-state index is 13.7. The number of benzene rings is 3. The number of aryl methyl sites for hydroxylation is 1. The molecule has 16 nitrogen and oxygen atoms in total. The van der Waals surface area contributed by atoms with Gasteiger partial charge in [0.15, 0.2) is 16.8 Å². The number of ether oxygens (including phenoxy) is 1. The van der Waals surface area contributed by atoms with Crippen molar-refractivity contribution < 1.29 is 59.5 Å². The highest BCUT2D eigenvalue weighted by Gasteiger charge is 2.58. The van der Waals surface area contributed by atoms with Crippen molar-refractivity contribution in [2.75, 3.05) is 19.8 Å². The fourth-order valence-corrected chi connectivity index (χ4v) is 11.7. The third kappa shape index (κ3) is 7.35. The third-order valence-electron chi connectivity index (χ3n) is 15.1. The number of aliphatic hydroxyl groups is 5. The molecule has 2 aliphatic heterocycles. The molecule has 344 valence electrons. The maximum Gasteiger partial charge on any atom is 0.226 e. The van der Waals surface area contributed by atoms with Gasteiger partial charge in [-0.2, -0.15) is 0 Å². The molecule has 0 radical (unpaired) electrons. The van der Waals surface area contributed by atoms with Gasteiger partial charge in [-0.1, -0.05) is 18.9 Å². The number of H-pyrrole nitrogens is 1. The standard InChI is InChI=1S/C49H55N3O13/c1-26-15-38(56)34-16-30-17-40(65-62-25-48(61,45(59)42(58)39(57)24-53)19-27-6-9-37(55)32-8-7-31(54)18-33(27)32)49(13-4-5-28(20-49)35-21-51-46(60)47(35)11-2-3-12-47)64-43(30)41(44(34)63-26)52-22-29-10-14-50-36(29)23-52/h6-10,14-16,18,22-23,28,35,39-40,42,45,50,53-55,57-59,61H,2-5,11-13,17,19-21,24-25H2,1H3,(H,51,60)/t28-,35-,39+,40+,42+,45-,48-,49+/m0/s1. The van der Waals surface area contributed by atoms with E-state index in [-0.39, 0.29) is 41.1 Å². The van der Waals surface area contributed by atoms with Crippen molar-refractivity contribution in [2.24, 2.45) is 17.3 Å². The van der Waals surface area contributed by atoms with Crippen LogP contribution >= 0.6 is 0 Å². The van der Waals surface area contributed by atoms with Crippen LogP contribution in [-0.4, -0.2) is 107 Å². The summed E-state index contributed by atoms with van der Waals surface area (Å²) in [6, 6.07) is 12.3. The van der Waals surface area contributed by atoms with Crippen LogP contribution in [0.3, 0.4) is 0 Å². The summed E-state index contributed by atoms with van der Waals surface area (Å²) in [5, 5.41) is 81.2. The molecule has 0 bridgehead atoms. The highest BCUT2D eigenvalue weighted by molar-refractivity contribution is 5.93. The van der Waals surface area contributed by atoms with E-state index in [0.29, 0.717) is 69.5 Å². The highest BCUT2D eigenvalue weighted by atomic mass is 17.2. The fourth-order valence-electron chi connectivity index (χ4n) is 11.7. The molecule has 4 aliphatic rings. The van der Waals surface area contributed by atoms with Crippen molar-refractivity contribution in [3.63, 3.8) is 0 Å². The number of phenols is 2. The number of nitrogens with zero attached hydrogens (tertiary/aromatic N) is 1. The van der Waals surface area contributed by atoms with E-state index in [0.717, 1.165) is 49.4 Å². The average Bonchev–Trinajstić information content (AvgIpc) is 4.10. The Morgan fingerprint density at radius 3 is 2.57 bits per heavy atom. The van der Waals surface area contributed by atoms with Gasteiger partial charge >= 0.3 is 0 Å². The zero-order valence-corrected chi connectivity index (χ0v) is 36.0. The molecule has 2 spiro atoms. The largest absolute Gasteiger partial charge is 0.508 e. The van der Waals surface area contributed by atoms with Gasteiger partial charge in [0.1, 0.15) is 65.2 Å². The smallest absolute Gasteiger partial charge is 0.226 e. The van der Waals surface area contributed by atoms with E-state index in [1.807, 2.05) is 29.2 Å². The maximum atomic E-state index is 13.7. The molecular weight excluding hydrogens is 839 g/mol. The zero-order chi connectivity index (χ0) is 45.4. The molecule has 3 aromatic heterocycles. The van der Waals surface area contributed by atoms with E-state index in [2.05, 4.69) is 10.3 Å². The van der Waals surface area contributed by atoms with E-state index >= 15 is 0 Å². The van der Waals surface area contributed by atoms with Gasteiger partial charge < -0.3 is 59.8 Å². The number of hydrogen-bond donors (Lipinski definition) is 9. The summed E-state index contributed by atoms with van der Waals surface area (Å²) in [4.78, 5) is 43.0. The minimum atomic E-state index is -2.40. The van der Waals surface area contributed by atoms with Gasteiger partial charge in [0.05, 0.1) is 22.9 Å². The first kappa shape index (κ1) is 43.4. The van der Waals surface area contributed by atoms with Crippen LogP contribution in [0.15, 0.2) is 76.3 Å². The minimum Gasteiger partial charge on any atom is -0.508 e. The summed E-state index contributed by atoms with van der Waals surface area (Å²) < 4.78 is 15.7. The van der Waals surface area contributed by atoms with Crippen molar-refractivity contribution >= 4 is 38.6 Å². The van der Waals surface area contributed by atoms with Gasteiger partial charge in [-0.25, -0.2) is 9.78 Å². The first-order chi connectivity index (χ1) is 31.2. The molecule has 3 aromatic carbocycles. The summed E-state index contributed by atoms with van der Waals surface area (Å²) in [6.07, 6.45) is 4.85. The second-order valence-corrected chi connectivity index (χ2v) is 19.0. The van der Waals surface area contributed by atoms with Gasteiger partial charge in [0, 0.05) is 60.4 Å². The molecule has 1 amide bonds. The van der Waals surface area contributed by atoms with Crippen LogP contribution < -0.4 is 15.5 Å². The van der Waals surface area contributed by atoms with E-state index < -0.39 is 60.7 Å². The molecule has 10 rings (SSSR count). The van der Waals surface area contributed by atoms with Gasteiger partial charge in [0.25, 0.3) is 0 Å². The molecule has 5 heterocycles. The molecule has 9 N–H and O–H groups in total. The molecule has 2 aliphatic carbocycles. The number of rotatable bonds is 12. The molecular formula is C49H55N3O13. The van der Waals surface area contributed by atoms with Gasteiger partial charge in [-0.3, -0.25) is 9.59 Å². The van der Waals surface area contributed by atoms with Crippen LogP contribution in [0.1, 0.15) is 68.3 Å². The summed E-state index contributed by atoms with van der Waals surface area (Å²) in [5.74, 6) is 0.951. The van der Waals surface area contributed by atoms with Crippen molar-refractivity contribution in [1.82, 2.24) is 14.9 Å². The second-order valence-electron chi connectivity index (χ2n) is 19.0. The normalized spacial score (nSPS) is 25.2. The lowest BCUT2D eigenvalue weighted by Crippen LogP contribution is -2.59. The number of phenolic OH excluding ortho intramolecular Hbond substituents is 2. The Morgan fingerprint density at radius 1 is 0.969 bits per heavy atom. The molecule has 3 fully saturated rings. The van der Waals surface area contributed by atoms with Crippen LogP contribution in [0.5, 0.6) is 17.2 Å². The predicted molar refractivity (Wildman–Crippen MR) is 237 cm³/mol. The lowest BCUT2D eigenvalue weighted by atomic mass is 9.62. The SMILES string of the molecule is Cc1cc(=O)c2cc3c(c(-n4cc5cc[nH]c5c4)c2o1)O[C@@]1(CCC[C@H]([C@@H]2CNC(=O)C24CCCC4)C1)[C@H](OOC[C@@](O)(Cc1ccc(O)c2ccc(O)cc12)[C@@H](O)[C@H](O)[C@H](O)CO)C3. The number of hydrogen-bond acceptors (Lipinski definition) is 13. The molecule has 2 saturated carbocycles. The number of carbonyl (C=O) groups excluding carboxylic acids is 1. The highest BCUT2D eigenvalue weighted by Crippen LogP contribution is 2.56. The Bertz CT molecular complexity index is 2820. The van der Waals surface area contributed by atoms with E-state index in [1.54, 1.807) is 13.0 Å². The number of nitrogens with one attached hydrogen (secondary N) is 2. The van der Waals surface area contributed by atoms with Crippen LogP contribution in [0, 0.1) is 24.2 Å². The van der Waals surface area contributed by atoms with Crippen molar-refractivity contribution in [3.05, 3.63) is 94.2 Å². The monoisotopic (exact) mass is 893 g/mol. The fraction of sp³-hybridized carbons (Fsp3) is 0.469. The number of aromatic amines is 1. The van der Waals surface area contributed by atoms with Gasteiger partial charge in [-0.05, 0) is 105 Å². The van der Waals surface area contributed by atoms with Crippen LogP contribution in [0.2, 0.25) is 0 Å². The Kier molecular flexibility index (Phi) is 11.0. The van der Waals surface area contributed by atoms with Gasteiger partial charge in [-0.15, -0.1) is 0 Å². The predicted octanol–water partition coefficient (Wildman–Crippen LogP) is 4.47. The Morgan fingerprint density at radius 2 is 1.78 bits per heavy atom. The third-order valence-corrected chi connectivity index (χ3v) is 15.1. The molecule has 65 heavy (non-hydrogen) atoms. The Labute approximate surface area is 372 Å². The molecule has 8 atom stereocenters. The summed E-state index contributed by atoms with van der Waals surface area (Å²) in [6.45, 7) is 0.606. The number of fused-ring (bicyclic) bond motifs is 4. The Hall–Kier alpha value is -5.46. The summed E-state index contributed by atoms with van der Waals surface area (Å²) in [7, 11) is 0. The van der Waals surface area contributed by atoms with Crippen molar-refractivity contribution in [1.29, 1.82) is 0 Å². The summed E-state index contributed by atoms with van der Waals surface area (Å²) >= 11 is 0. The summed E-state index contributed by atoms with van der Waals surface area (Å²) in [5.41, 5.74) is -1.41.